The second-order valence-corrected chi connectivity index (χ2v) is 6.97. The van der Waals surface area contributed by atoms with Crippen molar-refractivity contribution in [2.24, 2.45) is 7.05 Å². The normalized spacial score (nSPS) is 16.3. The van der Waals surface area contributed by atoms with E-state index >= 15 is 0 Å². The molecule has 0 unspecified atom stereocenters. The van der Waals surface area contributed by atoms with Crippen molar-refractivity contribution in [3.05, 3.63) is 17.5 Å². The number of likely N-dealkylation sites (tertiary alicyclic amines) is 1. The fraction of sp³-hybridized carbons (Fsp3) is 0.750. The van der Waals surface area contributed by atoms with Gasteiger partial charge in [0.15, 0.2) is 0 Å². The van der Waals surface area contributed by atoms with Crippen molar-refractivity contribution < 1.29 is 4.79 Å². The summed E-state index contributed by atoms with van der Waals surface area (Å²) in [5.41, 5.74) is 2.30. The third kappa shape index (κ3) is 4.30. The first-order valence-electron chi connectivity index (χ1n) is 7.89. The van der Waals surface area contributed by atoms with E-state index in [0.717, 1.165) is 31.6 Å². The Bertz CT molecular complexity index is 481. The summed E-state index contributed by atoms with van der Waals surface area (Å²) < 4.78 is 1.85. The molecule has 1 aliphatic rings. The van der Waals surface area contributed by atoms with Gasteiger partial charge in [0.25, 0.3) is 0 Å². The monoisotopic (exact) mass is 292 g/mol. The number of rotatable bonds is 4. The fourth-order valence-corrected chi connectivity index (χ4v) is 2.86. The summed E-state index contributed by atoms with van der Waals surface area (Å²) in [4.78, 5) is 14.1. The maximum absolute atomic E-state index is 12.1. The summed E-state index contributed by atoms with van der Waals surface area (Å²) in [5.74, 6) is 0.218. The van der Waals surface area contributed by atoms with Crippen LogP contribution in [0, 0.1) is 0 Å². The van der Waals surface area contributed by atoms with Crippen LogP contribution in [0.15, 0.2) is 6.20 Å². The molecule has 1 saturated heterocycles. The lowest BCUT2D eigenvalue weighted by Crippen LogP contribution is -2.41. The average molecular weight is 292 g/mol. The number of nitrogens with one attached hydrogen (secondary N) is 1. The predicted octanol–water partition coefficient (Wildman–Crippen LogP) is 1.82. The molecule has 5 heteroatoms. The number of aryl methyl sites for hydroxylation is 1. The summed E-state index contributed by atoms with van der Waals surface area (Å²) in [6.45, 7) is 9.44. The largest absolute Gasteiger partial charge is 0.342 e. The molecular weight excluding hydrogens is 264 g/mol. The Labute approximate surface area is 127 Å². The highest BCUT2D eigenvalue weighted by Crippen LogP contribution is 2.23. The Hall–Kier alpha value is -1.36. The van der Waals surface area contributed by atoms with Crippen molar-refractivity contribution in [2.45, 2.75) is 52.0 Å². The number of piperidine rings is 1. The molecule has 2 rings (SSSR count). The summed E-state index contributed by atoms with van der Waals surface area (Å²) in [5, 5.41) is 7.83. The van der Waals surface area contributed by atoms with Gasteiger partial charge in [0, 0.05) is 43.9 Å². The van der Waals surface area contributed by atoms with Crippen molar-refractivity contribution in [3.8, 4) is 0 Å². The zero-order valence-electron chi connectivity index (χ0n) is 13.8. The maximum Gasteiger partial charge on any atom is 0.236 e. The Morgan fingerprint density at radius 1 is 1.29 bits per heavy atom. The highest BCUT2D eigenvalue weighted by atomic mass is 16.2. The van der Waals surface area contributed by atoms with Crippen LogP contribution in [-0.4, -0.2) is 40.2 Å². The third-order valence-electron chi connectivity index (χ3n) is 3.92. The minimum absolute atomic E-state index is 0.0230. The third-order valence-corrected chi connectivity index (χ3v) is 3.92. The van der Waals surface area contributed by atoms with Crippen LogP contribution in [0.2, 0.25) is 0 Å². The molecule has 1 aromatic rings. The number of carbonyl (C=O) groups is 1. The van der Waals surface area contributed by atoms with Gasteiger partial charge in [0.2, 0.25) is 5.91 Å². The first kappa shape index (κ1) is 16.0. The molecule has 0 aromatic carbocycles. The van der Waals surface area contributed by atoms with Crippen LogP contribution in [0.1, 0.15) is 51.3 Å². The standard InChI is InChI=1S/C16H28N4O/c1-16(2,3)15-13(12-19(4)18-15)10-17-11-14(21)20-8-6-5-7-9-20/h12,17H,5-11H2,1-4H3. The van der Waals surface area contributed by atoms with Crippen molar-refractivity contribution in [2.75, 3.05) is 19.6 Å². The van der Waals surface area contributed by atoms with Gasteiger partial charge in [-0.25, -0.2) is 0 Å². The highest BCUT2D eigenvalue weighted by Gasteiger charge is 2.22. The van der Waals surface area contributed by atoms with Crippen LogP contribution < -0.4 is 5.32 Å². The Morgan fingerprint density at radius 2 is 1.95 bits per heavy atom. The molecule has 0 saturated carbocycles. The zero-order valence-corrected chi connectivity index (χ0v) is 13.8. The smallest absolute Gasteiger partial charge is 0.236 e. The Balaban J connectivity index is 1.87. The van der Waals surface area contributed by atoms with E-state index in [1.165, 1.54) is 12.0 Å². The van der Waals surface area contributed by atoms with Crippen LogP contribution in [0.3, 0.4) is 0 Å². The van der Waals surface area contributed by atoms with Crippen LogP contribution >= 0.6 is 0 Å². The average Bonchev–Trinajstić information content (AvgIpc) is 2.81. The van der Waals surface area contributed by atoms with E-state index in [-0.39, 0.29) is 11.3 Å². The Kier molecular flexibility index (Phi) is 5.04. The molecule has 1 N–H and O–H groups in total. The number of hydrogen-bond acceptors (Lipinski definition) is 3. The first-order chi connectivity index (χ1) is 9.88. The molecule has 1 amide bonds. The van der Waals surface area contributed by atoms with Crippen molar-refractivity contribution in [1.82, 2.24) is 20.0 Å². The van der Waals surface area contributed by atoms with E-state index in [1.807, 2.05) is 22.8 Å². The van der Waals surface area contributed by atoms with Crippen LogP contribution in [0.5, 0.6) is 0 Å². The molecule has 21 heavy (non-hydrogen) atoms. The minimum Gasteiger partial charge on any atom is -0.342 e. The van der Waals surface area contributed by atoms with Gasteiger partial charge in [-0.15, -0.1) is 0 Å². The Morgan fingerprint density at radius 3 is 2.57 bits per heavy atom. The summed E-state index contributed by atoms with van der Waals surface area (Å²) >= 11 is 0. The molecule has 0 radical (unpaired) electrons. The quantitative estimate of drug-likeness (QED) is 0.921. The highest BCUT2D eigenvalue weighted by molar-refractivity contribution is 5.78. The van der Waals surface area contributed by atoms with E-state index in [0.29, 0.717) is 13.1 Å². The summed E-state index contributed by atoms with van der Waals surface area (Å²) in [6.07, 6.45) is 5.58. The first-order valence-corrected chi connectivity index (χ1v) is 7.89. The lowest BCUT2D eigenvalue weighted by Gasteiger charge is -2.26. The van der Waals surface area contributed by atoms with Gasteiger partial charge >= 0.3 is 0 Å². The number of aromatic nitrogens is 2. The molecule has 0 bridgehead atoms. The molecule has 118 valence electrons. The van der Waals surface area contributed by atoms with Crippen LogP contribution in [0.4, 0.5) is 0 Å². The predicted molar refractivity (Wildman–Crippen MR) is 84.0 cm³/mol. The minimum atomic E-state index is 0.0230. The molecule has 2 heterocycles. The molecule has 0 atom stereocenters. The molecule has 5 nitrogen and oxygen atoms in total. The molecule has 1 aliphatic heterocycles. The summed E-state index contributed by atoms with van der Waals surface area (Å²) in [7, 11) is 1.94. The molecule has 0 spiro atoms. The lowest BCUT2D eigenvalue weighted by molar-refractivity contribution is -0.131. The second kappa shape index (κ2) is 6.60. The van der Waals surface area contributed by atoms with Gasteiger partial charge in [-0.05, 0) is 19.3 Å². The lowest BCUT2D eigenvalue weighted by atomic mass is 9.89. The van der Waals surface area contributed by atoms with E-state index in [2.05, 4.69) is 31.2 Å². The number of carbonyl (C=O) groups excluding carboxylic acids is 1. The van der Waals surface area contributed by atoms with Crippen LogP contribution in [0.25, 0.3) is 0 Å². The number of amides is 1. The summed E-state index contributed by atoms with van der Waals surface area (Å²) in [6, 6.07) is 0. The van der Waals surface area contributed by atoms with Crippen LogP contribution in [-0.2, 0) is 23.8 Å². The topological polar surface area (TPSA) is 50.2 Å². The van der Waals surface area contributed by atoms with Gasteiger partial charge in [0.1, 0.15) is 0 Å². The SMILES string of the molecule is Cn1cc(CNCC(=O)N2CCCCC2)c(C(C)(C)C)n1. The number of hydrogen-bond donors (Lipinski definition) is 1. The van der Waals surface area contributed by atoms with E-state index in [9.17, 15) is 4.79 Å². The van der Waals surface area contributed by atoms with Gasteiger partial charge in [-0.1, -0.05) is 20.8 Å². The van der Waals surface area contributed by atoms with E-state index in [4.69, 9.17) is 0 Å². The zero-order chi connectivity index (χ0) is 15.5. The molecule has 1 fully saturated rings. The fourth-order valence-electron chi connectivity index (χ4n) is 2.86. The molecule has 0 aliphatic carbocycles. The van der Waals surface area contributed by atoms with Crippen molar-refractivity contribution >= 4 is 5.91 Å². The van der Waals surface area contributed by atoms with E-state index in [1.54, 1.807) is 0 Å². The van der Waals surface area contributed by atoms with Crippen molar-refractivity contribution in [3.63, 3.8) is 0 Å². The van der Waals surface area contributed by atoms with E-state index < -0.39 is 0 Å². The molecule has 1 aromatic heterocycles. The number of nitrogens with zero attached hydrogens (tertiary/aromatic N) is 3. The maximum atomic E-state index is 12.1. The van der Waals surface area contributed by atoms with Crippen molar-refractivity contribution in [1.29, 1.82) is 0 Å². The van der Waals surface area contributed by atoms with Gasteiger partial charge in [0.05, 0.1) is 12.2 Å². The second-order valence-electron chi connectivity index (χ2n) is 6.97. The van der Waals surface area contributed by atoms with Gasteiger partial charge < -0.3 is 10.2 Å². The molecular formula is C16H28N4O. The van der Waals surface area contributed by atoms with Gasteiger partial charge in [-0.2, -0.15) is 5.10 Å². The van der Waals surface area contributed by atoms with Gasteiger partial charge in [-0.3, -0.25) is 9.48 Å².